The number of hydrogen-bond donors (Lipinski definition) is 0. The van der Waals surface area contributed by atoms with E-state index in [1.807, 2.05) is 12.1 Å². The summed E-state index contributed by atoms with van der Waals surface area (Å²) in [5, 5.41) is 1.38. The number of benzene rings is 1. The maximum absolute atomic E-state index is 5.93. The van der Waals surface area contributed by atoms with E-state index in [4.69, 9.17) is 21.1 Å². The Morgan fingerprint density at radius 2 is 2.25 bits per heavy atom. The van der Waals surface area contributed by atoms with Crippen molar-refractivity contribution in [3.8, 4) is 11.5 Å². The Morgan fingerprint density at radius 3 is 3.00 bits per heavy atom. The van der Waals surface area contributed by atoms with Crippen LogP contribution in [0.4, 0.5) is 0 Å². The molecule has 0 fully saturated rings. The Hall–Kier alpha value is -0.410. The Bertz CT molecular complexity index is 314. The lowest BCUT2D eigenvalue weighted by Crippen LogP contribution is -1.93. The van der Waals surface area contributed by atoms with E-state index < -0.39 is 0 Å². The topological polar surface area (TPSA) is 18.5 Å². The Balaban J connectivity index is 2.51. The Kier molecular flexibility index (Phi) is 2.15. The number of fused-ring (bicyclic) bond motifs is 1. The number of rotatable bonds is 1. The van der Waals surface area contributed by atoms with Crippen LogP contribution in [0.1, 0.15) is 5.56 Å². The summed E-state index contributed by atoms with van der Waals surface area (Å²) in [4.78, 5) is 0. The second-order valence-corrected chi connectivity index (χ2v) is 3.41. The van der Waals surface area contributed by atoms with Gasteiger partial charge in [-0.2, -0.15) is 0 Å². The molecule has 0 saturated heterocycles. The van der Waals surface area contributed by atoms with Gasteiger partial charge in [-0.1, -0.05) is 27.5 Å². The molecule has 0 atom stereocenters. The zero-order chi connectivity index (χ0) is 8.55. The molecule has 0 radical (unpaired) electrons. The molecule has 0 saturated carbocycles. The van der Waals surface area contributed by atoms with Crippen molar-refractivity contribution in [2.24, 2.45) is 0 Å². The van der Waals surface area contributed by atoms with Crippen LogP contribution in [0.5, 0.6) is 11.5 Å². The highest BCUT2D eigenvalue weighted by Gasteiger charge is 2.17. The van der Waals surface area contributed by atoms with Gasteiger partial charge in [0.25, 0.3) is 0 Å². The van der Waals surface area contributed by atoms with Gasteiger partial charge in [-0.15, -0.1) is 0 Å². The minimum atomic E-state index is 0.265. The Labute approximate surface area is 83.6 Å². The third-order valence-corrected chi connectivity index (χ3v) is 2.57. The molecule has 0 N–H and O–H groups in total. The van der Waals surface area contributed by atoms with Crippen LogP contribution >= 0.6 is 27.5 Å². The number of halogens is 2. The van der Waals surface area contributed by atoms with E-state index >= 15 is 0 Å². The normalized spacial score (nSPS) is 13.5. The van der Waals surface area contributed by atoms with Crippen molar-refractivity contribution in [3.05, 3.63) is 22.7 Å². The number of alkyl halides is 1. The third-order valence-electron chi connectivity index (χ3n) is 1.64. The van der Waals surface area contributed by atoms with Gasteiger partial charge in [0.1, 0.15) is 0 Å². The summed E-state index contributed by atoms with van der Waals surface area (Å²) in [5.74, 6) is 1.39. The van der Waals surface area contributed by atoms with Gasteiger partial charge in [0.05, 0.1) is 5.02 Å². The predicted octanol–water partition coefficient (Wildman–Crippen LogP) is 2.96. The van der Waals surface area contributed by atoms with Crippen LogP contribution in [0.25, 0.3) is 0 Å². The average molecular weight is 249 g/mol. The van der Waals surface area contributed by atoms with E-state index in [1.165, 1.54) is 0 Å². The fraction of sp³-hybridized carbons (Fsp3) is 0.250. The smallest absolute Gasteiger partial charge is 0.231 e. The fourth-order valence-corrected chi connectivity index (χ4v) is 1.71. The van der Waals surface area contributed by atoms with E-state index in [9.17, 15) is 0 Å². The summed E-state index contributed by atoms with van der Waals surface area (Å²) in [5.41, 5.74) is 1.09. The minimum absolute atomic E-state index is 0.265. The first-order chi connectivity index (χ1) is 5.81. The second kappa shape index (κ2) is 3.15. The molecule has 1 aliphatic heterocycles. The molecular weight excluding hydrogens is 243 g/mol. The largest absolute Gasteiger partial charge is 0.454 e. The highest BCUT2D eigenvalue weighted by atomic mass is 79.9. The molecule has 1 aliphatic rings. The van der Waals surface area contributed by atoms with E-state index in [0.717, 1.165) is 16.6 Å². The van der Waals surface area contributed by atoms with Gasteiger partial charge in [0.2, 0.25) is 6.79 Å². The zero-order valence-corrected chi connectivity index (χ0v) is 8.48. The van der Waals surface area contributed by atoms with Gasteiger partial charge < -0.3 is 9.47 Å². The average Bonchev–Trinajstić information content (AvgIpc) is 2.52. The minimum Gasteiger partial charge on any atom is -0.454 e. The first kappa shape index (κ1) is 8.20. The number of hydrogen-bond acceptors (Lipinski definition) is 2. The van der Waals surface area contributed by atoms with E-state index in [2.05, 4.69) is 15.9 Å². The molecule has 2 rings (SSSR count). The molecule has 1 heterocycles. The molecule has 12 heavy (non-hydrogen) atoms. The summed E-state index contributed by atoms with van der Waals surface area (Å²) in [6, 6.07) is 3.78. The highest BCUT2D eigenvalue weighted by Crippen LogP contribution is 2.40. The SMILES string of the molecule is Clc1cc(CBr)cc2c1OCO2. The molecule has 0 amide bonds. The molecular formula is C8H6BrClO2. The van der Waals surface area contributed by atoms with Crippen molar-refractivity contribution in [2.45, 2.75) is 5.33 Å². The van der Waals surface area contributed by atoms with Crippen molar-refractivity contribution in [3.63, 3.8) is 0 Å². The van der Waals surface area contributed by atoms with Gasteiger partial charge in [0, 0.05) is 5.33 Å². The first-order valence-electron chi connectivity index (χ1n) is 3.45. The maximum atomic E-state index is 5.93. The van der Waals surface area contributed by atoms with E-state index in [0.29, 0.717) is 10.8 Å². The van der Waals surface area contributed by atoms with Gasteiger partial charge in [-0.05, 0) is 17.7 Å². The van der Waals surface area contributed by atoms with Crippen molar-refractivity contribution < 1.29 is 9.47 Å². The lowest BCUT2D eigenvalue weighted by atomic mass is 10.2. The first-order valence-corrected chi connectivity index (χ1v) is 4.95. The molecule has 1 aromatic rings. The molecule has 0 aromatic heterocycles. The zero-order valence-electron chi connectivity index (χ0n) is 6.14. The van der Waals surface area contributed by atoms with Crippen LogP contribution < -0.4 is 9.47 Å². The van der Waals surface area contributed by atoms with Crippen LogP contribution in [0.2, 0.25) is 5.02 Å². The lowest BCUT2D eigenvalue weighted by molar-refractivity contribution is 0.174. The maximum Gasteiger partial charge on any atom is 0.231 e. The molecule has 2 nitrogen and oxygen atoms in total. The summed E-state index contributed by atoms with van der Waals surface area (Å²) >= 11 is 9.27. The molecule has 0 spiro atoms. The monoisotopic (exact) mass is 248 g/mol. The molecule has 1 aromatic carbocycles. The predicted molar refractivity (Wildman–Crippen MR) is 50.2 cm³/mol. The van der Waals surface area contributed by atoms with Crippen molar-refractivity contribution >= 4 is 27.5 Å². The molecule has 64 valence electrons. The summed E-state index contributed by atoms with van der Waals surface area (Å²) in [6.07, 6.45) is 0. The molecule has 0 unspecified atom stereocenters. The molecule has 0 aliphatic carbocycles. The van der Waals surface area contributed by atoms with E-state index in [1.54, 1.807) is 0 Å². The van der Waals surface area contributed by atoms with Crippen molar-refractivity contribution in [1.82, 2.24) is 0 Å². The number of ether oxygens (including phenoxy) is 2. The quantitative estimate of drug-likeness (QED) is 0.713. The summed E-state index contributed by atoms with van der Waals surface area (Å²) in [6.45, 7) is 0.265. The third kappa shape index (κ3) is 1.27. The van der Waals surface area contributed by atoms with Gasteiger partial charge >= 0.3 is 0 Å². The molecule has 0 bridgehead atoms. The van der Waals surface area contributed by atoms with Crippen LogP contribution in [-0.4, -0.2) is 6.79 Å². The standard InChI is InChI=1S/C8H6BrClO2/c9-3-5-1-6(10)8-7(2-5)11-4-12-8/h1-2H,3-4H2. The van der Waals surface area contributed by atoms with Crippen LogP contribution in [0.3, 0.4) is 0 Å². The van der Waals surface area contributed by atoms with E-state index in [-0.39, 0.29) is 6.79 Å². The fourth-order valence-electron chi connectivity index (χ4n) is 1.10. The lowest BCUT2D eigenvalue weighted by Gasteiger charge is -2.01. The van der Waals surface area contributed by atoms with Crippen molar-refractivity contribution in [1.29, 1.82) is 0 Å². The molecule has 4 heteroatoms. The van der Waals surface area contributed by atoms with Crippen LogP contribution in [-0.2, 0) is 5.33 Å². The summed E-state index contributed by atoms with van der Waals surface area (Å²) < 4.78 is 10.4. The van der Waals surface area contributed by atoms with Crippen LogP contribution in [0.15, 0.2) is 12.1 Å². The second-order valence-electron chi connectivity index (χ2n) is 2.45. The van der Waals surface area contributed by atoms with Crippen LogP contribution in [0, 0.1) is 0 Å². The van der Waals surface area contributed by atoms with Crippen molar-refractivity contribution in [2.75, 3.05) is 6.79 Å². The van der Waals surface area contributed by atoms with Gasteiger partial charge in [-0.25, -0.2) is 0 Å². The summed E-state index contributed by atoms with van der Waals surface area (Å²) in [7, 11) is 0. The Morgan fingerprint density at radius 1 is 1.42 bits per heavy atom. The van der Waals surface area contributed by atoms with Gasteiger partial charge in [0.15, 0.2) is 11.5 Å². The van der Waals surface area contributed by atoms with Gasteiger partial charge in [-0.3, -0.25) is 0 Å². The highest BCUT2D eigenvalue weighted by molar-refractivity contribution is 9.08.